The molecule has 0 spiro atoms. The third-order valence-electron chi connectivity index (χ3n) is 4.15. The number of nitrogens with one attached hydrogen (secondary N) is 1. The number of benzene rings is 1. The molecule has 1 aromatic rings. The number of sulfonamides is 1. The van der Waals surface area contributed by atoms with E-state index < -0.39 is 10.0 Å². The van der Waals surface area contributed by atoms with Gasteiger partial charge in [0.05, 0.1) is 6.26 Å². The fraction of sp³-hybridized carbons (Fsp3) is 0.571. The number of halogens is 1. The standard InChI is InChI=1S/C14H21ClN2O2S/c1-20(18,19)17-13-5-7-14(10-16,8-6-13)11-3-2-4-12(15)9-11/h2-4,9,13,17H,5-8,10,16H2,1H3. The van der Waals surface area contributed by atoms with Crippen molar-refractivity contribution in [3.05, 3.63) is 34.9 Å². The van der Waals surface area contributed by atoms with E-state index >= 15 is 0 Å². The van der Waals surface area contributed by atoms with Crippen molar-refractivity contribution in [2.75, 3.05) is 12.8 Å². The zero-order valence-electron chi connectivity index (χ0n) is 11.6. The lowest BCUT2D eigenvalue weighted by molar-refractivity contribution is 0.267. The third kappa shape index (κ3) is 3.73. The van der Waals surface area contributed by atoms with Crippen LogP contribution in [0.5, 0.6) is 0 Å². The first-order valence-electron chi connectivity index (χ1n) is 6.78. The third-order valence-corrected chi connectivity index (χ3v) is 5.15. The minimum Gasteiger partial charge on any atom is -0.330 e. The predicted molar refractivity (Wildman–Crippen MR) is 82.4 cm³/mol. The van der Waals surface area contributed by atoms with Crippen molar-refractivity contribution in [2.45, 2.75) is 37.1 Å². The van der Waals surface area contributed by atoms with Gasteiger partial charge in [0.25, 0.3) is 0 Å². The van der Waals surface area contributed by atoms with Gasteiger partial charge in [-0.2, -0.15) is 0 Å². The van der Waals surface area contributed by atoms with Crippen LogP contribution in [-0.2, 0) is 15.4 Å². The van der Waals surface area contributed by atoms with Crippen LogP contribution in [0.4, 0.5) is 0 Å². The summed E-state index contributed by atoms with van der Waals surface area (Å²) >= 11 is 6.07. The van der Waals surface area contributed by atoms with Crippen molar-refractivity contribution >= 4 is 21.6 Å². The Morgan fingerprint density at radius 3 is 2.55 bits per heavy atom. The number of rotatable bonds is 4. The number of nitrogens with two attached hydrogens (primary N) is 1. The Labute approximate surface area is 125 Å². The summed E-state index contributed by atoms with van der Waals surface area (Å²) in [4.78, 5) is 0. The van der Waals surface area contributed by atoms with Gasteiger partial charge in [-0.15, -0.1) is 0 Å². The average Bonchev–Trinajstić information content (AvgIpc) is 2.38. The molecule has 0 bridgehead atoms. The fourth-order valence-electron chi connectivity index (χ4n) is 3.02. The van der Waals surface area contributed by atoms with Gasteiger partial charge < -0.3 is 5.73 Å². The Balaban J connectivity index is 2.12. The van der Waals surface area contributed by atoms with Gasteiger partial charge in [0.2, 0.25) is 10.0 Å². The molecule has 0 amide bonds. The highest BCUT2D eigenvalue weighted by Gasteiger charge is 2.36. The first kappa shape index (κ1) is 15.8. The van der Waals surface area contributed by atoms with E-state index in [1.54, 1.807) is 0 Å². The van der Waals surface area contributed by atoms with Crippen LogP contribution >= 0.6 is 11.6 Å². The fourth-order valence-corrected chi connectivity index (χ4v) is 4.05. The van der Waals surface area contributed by atoms with E-state index in [0.717, 1.165) is 31.2 Å². The van der Waals surface area contributed by atoms with Crippen LogP contribution in [0.15, 0.2) is 24.3 Å². The quantitative estimate of drug-likeness (QED) is 0.892. The first-order valence-corrected chi connectivity index (χ1v) is 9.05. The van der Waals surface area contributed by atoms with Gasteiger partial charge >= 0.3 is 0 Å². The molecule has 112 valence electrons. The highest BCUT2D eigenvalue weighted by Crippen LogP contribution is 2.39. The Morgan fingerprint density at radius 1 is 1.40 bits per heavy atom. The van der Waals surface area contributed by atoms with Crippen molar-refractivity contribution in [1.82, 2.24) is 4.72 Å². The first-order chi connectivity index (χ1) is 9.35. The maximum absolute atomic E-state index is 11.3. The molecular weight excluding hydrogens is 296 g/mol. The van der Waals surface area contributed by atoms with Gasteiger partial charge in [0, 0.05) is 23.0 Å². The number of hydrogen-bond acceptors (Lipinski definition) is 3. The van der Waals surface area contributed by atoms with Crippen LogP contribution in [-0.4, -0.2) is 27.3 Å². The topological polar surface area (TPSA) is 72.2 Å². The van der Waals surface area contributed by atoms with E-state index in [4.69, 9.17) is 17.3 Å². The lowest BCUT2D eigenvalue weighted by atomic mass is 9.68. The highest BCUT2D eigenvalue weighted by atomic mass is 35.5. The Hall–Kier alpha value is -0.620. The summed E-state index contributed by atoms with van der Waals surface area (Å²) in [5, 5.41) is 0.715. The second-order valence-corrected chi connectivity index (χ2v) is 7.88. The van der Waals surface area contributed by atoms with Gasteiger partial charge in [-0.25, -0.2) is 13.1 Å². The molecule has 0 heterocycles. The molecule has 1 aliphatic carbocycles. The molecule has 0 aromatic heterocycles. The molecule has 4 nitrogen and oxygen atoms in total. The summed E-state index contributed by atoms with van der Waals surface area (Å²) < 4.78 is 25.3. The minimum absolute atomic E-state index is 0.0175. The largest absolute Gasteiger partial charge is 0.330 e. The molecule has 1 fully saturated rings. The van der Waals surface area contributed by atoms with E-state index in [1.165, 1.54) is 6.26 Å². The van der Waals surface area contributed by atoms with Crippen LogP contribution < -0.4 is 10.5 Å². The van der Waals surface area contributed by atoms with E-state index in [-0.39, 0.29) is 11.5 Å². The van der Waals surface area contributed by atoms with E-state index in [2.05, 4.69) is 10.8 Å². The number of hydrogen-bond donors (Lipinski definition) is 2. The molecule has 2 rings (SSSR count). The maximum atomic E-state index is 11.3. The monoisotopic (exact) mass is 316 g/mol. The molecule has 1 aliphatic rings. The highest BCUT2D eigenvalue weighted by molar-refractivity contribution is 7.88. The minimum atomic E-state index is -3.14. The lowest BCUT2D eigenvalue weighted by Gasteiger charge is -2.40. The molecule has 0 saturated heterocycles. The Kier molecular flexibility index (Phi) is 4.74. The predicted octanol–water partition coefficient (Wildman–Crippen LogP) is 2.03. The summed E-state index contributed by atoms with van der Waals surface area (Å²) in [6.07, 6.45) is 4.55. The van der Waals surface area contributed by atoms with Crippen LogP contribution in [0.25, 0.3) is 0 Å². The zero-order chi connectivity index (χ0) is 14.8. The normalized spacial score (nSPS) is 27.4. The van der Waals surface area contributed by atoms with Gasteiger partial charge in [-0.1, -0.05) is 23.7 Å². The summed E-state index contributed by atoms with van der Waals surface area (Å²) in [6.45, 7) is 0.555. The molecule has 3 N–H and O–H groups in total. The molecule has 0 atom stereocenters. The van der Waals surface area contributed by atoms with Crippen LogP contribution in [0.3, 0.4) is 0 Å². The molecular formula is C14H21ClN2O2S. The van der Waals surface area contributed by atoms with E-state index in [1.807, 2.05) is 18.2 Å². The zero-order valence-corrected chi connectivity index (χ0v) is 13.2. The molecule has 6 heteroatoms. The smallest absolute Gasteiger partial charge is 0.208 e. The van der Waals surface area contributed by atoms with Crippen LogP contribution in [0, 0.1) is 0 Å². The van der Waals surface area contributed by atoms with Crippen molar-refractivity contribution in [2.24, 2.45) is 5.73 Å². The van der Waals surface area contributed by atoms with Gasteiger partial charge in [0.1, 0.15) is 0 Å². The lowest BCUT2D eigenvalue weighted by Crippen LogP contribution is -2.45. The maximum Gasteiger partial charge on any atom is 0.208 e. The van der Waals surface area contributed by atoms with Crippen molar-refractivity contribution < 1.29 is 8.42 Å². The Bertz CT molecular complexity index is 566. The van der Waals surface area contributed by atoms with E-state index in [9.17, 15) is 8.42 Å². The Morgan fingerprint density at radius 2 is 2.05 bits per heavy atom. The summed E-state index contributed by atoms with van der Waals surface area (Å²) in [5.41, 5.74) is 7.09. The average molecular weight is 317 g/mol. The molecule has 0 unspecified atom stereocenters. The van der Waals surface area contributed by atoms with Crippen molar-refractivity contribution in [3.63, 3.8) is 0 Å². The van der Waals surface area contributed by atoms with Crippen molar-refractivity contribution in [3.8, 4) is 0 Å². The summed E-state index contributed by atoms with van der Waals surface area (Å²) in [6, 6.07) is 7.84. The second-order valence-electron chi connectivity index (χ2n) is 5.66. The van der Waals surface area contributed by atoms with Crippen LogP contribution in [0.1, 0.15) is 31.2 Å². The molecule has 20 heavy (non-hydrogen) atoms. The van der Waals surface area contributed by atoms with Crippen LogP contribution in [0.2, 0.25) is 5.02 Å². The van der Waals surface area contributed by atoms with Gasteiger partial charge in [0.15, 0.2) is 0 Å². The van der Waals surface area contributed by atoms with Crippen molar-refractivity contribution in [1.29, 1.82) is 0 Å². The molecule has 0 radical (unpaired) electrons. The molecule has 1 saturated carbocycles. The molecule has 0 aliphatic heterocycles. The second kappa shape index (κ2) is 6.02. The SMILES string of the molecule is CS(=O)(=O)NC1CCC(CN)(c2cccc(Cl)c2)CC1. The summed E-state index contributed by atoms with van der Waals surface area (Å²) in [7, 11) is -3.14. The summed E-state index contributed by atoms with van der Waals surface area (Å²) in [5.74, 6) is 0. The van der Waals surface area contributed by atoms with Gasteiger partial charge in [-0.05, 0) is 43.4 Å². The molecule has 1 aromatic carbocycles. The van der Waals surface area contributed by atoms with Gasteiger partial charge in [-0.3, -0.25) is 0 Å². The van der Waals surface area contributed by atoms with E-state index in [0.29, 0.717) is 11.6 Å².